The van der Waals surface area contributed by atoms with Crippen LogP contribution in [-0.2, 0) is 4.79 Å². The number of aryl methyl sites for hydroxylation is 2. The number of carbonyl (C=O) groups excluding carboxylic acids is 1. The van der Waals surface area contributed by atoms with E-state index in [1.165, 1.54) is 6.21 Å². The summed E-state index contributed by atoms with van der Waals surface area (Å²) in [6, 6.07) is 12.3. The van der Waals surface area contributed by atoms with Crippen molar-refractivity contribution in [2.75, 3.05) is 6.61 Å². The van der Waals surface area contributed by atoms with Crippen LogP contribution in [0.15, 0.2) is 47.6 Å². The summed E-state index contributed by atoms with van der Waals surface area (Å²) in [6.45, 7) is 3.85. The average molecular weight is 298 g/mol. The third-order valence-electron chi connectivity index (χ3n) is 2.86. The molecule has 0 saturated heterocycles. The molecule has 2 aromatic carbocycles. The first-order chi connectivity index (χ1) is 10.5. The van der Waals surface area contributed by atoms with Crippen molar-refractivity contribution in [1.82, 2.24) is 5.43 Å². The Hall–Kier alpha value is -2.82. The molecule has 2 N–H and O–H groups in total. The van der Waals surface area contributed by atoms with Crippen LogP contribution in [0.3, 0.4) is 0 Å². The van der Waals surface area contributed by atoms with Crippen LogP contribution in [0.5, 0.6) is 11.5 Å². The molecule has 2 rings (SSSR count). The second-order valence-corrected chi connectivity index (χ2v) is 5.00. The van der Waals surface area contributed by atoms with E-state index >= 15 is 0 Å². The van der Waals surface area contributed by atoms with E-state index in [4.69, 9.17) is 9.84 Å². The standard InChI is InChI=1S/C17H18N2O3/c1-12-7-13(2)9-16(8-12)22-11-17(21)19-18-10-14-3-5-15(20)6-4-14/h3-10,20H,11H2,1-2H3,(H,19,21). The Balaban J connectivity index is 1.81. The molecule has 0 saturated carbocycles. The predicted octanol–water partition coefficient (Wildman–Crippen LogP) is 2.54. The Labute approximate surface area is 129 Å². The molecule has 0 spiro atoms. The van der Waals surface area contributed by atoms with E-state index < -0.39 is 0 Å². The highest BCUT2D eigenvalue weighted by Crippen LogP contribution is 2.15. The van der Waals surface area contributed by atoms with Gasteiger partial charge in [0.05, 0.1) is 6.21 Å². The van der Waals surface area contributed by atoms with Crippen LogP contribution in [0, 0.1) is 13.8 Å². The predicted molar refractivity (Wildman–Crippen MR) is 85.3 cm³/mol. The molecule has 0 heterocycles. The molecule has 0 atom stereocenters. The van der Waals surface area contributed by atoms with Gasteiger partial charge in [-0.3, -0.25) is 4.79 Å². The molecule has 2 aromatic rings. The van der Waals surface area contributed by atoms with E-state index in [9.17, 15) is 4.79 Å². The number of amides is 1. The molecule has 0 bridgehead atoms. The van der Waals surface area contributed by atoms with Crippen molar-refractivity contribution in [3.8, 4) is 11.5 Å². The fourth-order valence-electron chi connectivity index (χ4n) is 1.94. The van der Waals surface area contributed by atoms with Gasteiger partial charge >= 0.3 is 0 Å². The van der Waals surface area contributed by atoms with Crippen molar-refractivity contribution in [1.29, 1.82) is 0 Å². The highest BCUT2D eigenvalue weighted by Gasteiger charge is 2.02. The van der Waals surface area contributed by atoms with Crippen LogP contribution >= 0.6 is 0 Å². The number of ether oxygens (including phenoxy) is 1. The smallest absolute Gasteiger partial charge is 0.277 e. The Morgan fingerprint density at radius 1 is 1.18 bits per heavy atom. The second kappa shape index (κ2) is 7.26. The molecule has 5 heteroatoms. The minimum Gasteiger partial charge on any atom is -0.508 e. The van der Waals surface area contributed by atoms with E-state index in [1.54, 1.807) is 24.3 Å². The summed E-state index contributed by atoms with van der Waals surface area (Å²) in [7, 11) is 0. The number of phenols is 1. The third-order valence-corrected chi connectivity index (χ3v) is 2.86. The second-order valence-electron chi connectivity index (χ2n) is 5.00. The number of rotatable bonds is 5. The normalized spacial score (nSPS) is 10.6. The van der Waals surface area contributed by atoms with Crippen molar-refractivity contribution < 1.29 is 14.6 Å². The van der Waals surface area contributed by atoms with Gasteiger partial charge in [-0.05, 0) is 66.9 Å². The van der Waals surface area contributed by atoms with Gasteiger partial charge in [0.25, 0.3) is 5.91 Å². The van der Waals surface area contributed by atoms with Gasteiger partial charge in [0.15, 0.2) is 6.61 Å². The lowest BCUT2D eigenvalue weighted by molar-refractivity contribution is -0.123. The lowest BCUT2D eigenvalue weighted by Gasteiger charge is -2.07. The van der Waals surface area contributed by atoms with Gasteiger partial charge in [-0.1, -0.05) is 6.07 Å². The highest BCUT2D eigenvalue weighted by atomic mass is 16.5. The summed E-state index contributed by atoms with van der Waals surface area (Å²) in [5.41, 5.74) is 5.33. The molecule has 0 aliphatic carbocycles. The largest absolute Gasteiger partial charge is 0.508 e. The minimum absolute atomic E-state index is 0.101. The fourth-order valence-corrected chi connectivity index (χ4v) is 1.94. The van der Waals surface area contributed by atoms with Crippen LogP contribution in [0.25, 0.3) is 0 Å². The third kappa shape index (κ3) is 4.94. The molecule has 1 amide bonds. The van der Waals surface area contributed by atoms with E-state index in [1.807, 2.05) is 32.0 Å². The lowest BCUT2D eigenvalue weighted by Crippen LogP contribution is -2.24. The van der Waals surface area contributed by atoms with Gasteiger partial charge in [-0.15, -0.1) is 0 Å². The van der Waals surface area contributed by atoms with Crippen molar-refractivity contribution in [3.63, 3.8) is 0 Å². The van der Waals surface area contributed by atoms with E-state index in [0.717, 1.165) is 16.7 Å². The summed E-state index contributed by atoms with van der Waals surface area (Å²) in [5.74, 6) is 0.507. The topological polar surface area (TPSA) is 70.9 Å². The molecule has 0 fully saturated rings. The van der Waals surface area contributed by atoms with E-state index in [-0.39, 0.29) is 18.3 Å². The molecular weight excluding hydrogens is 280 g/mol. The maximum atomic E-state index is 11.6. The molecule has 0 radical (unpaired) electrons. The zero-order valence-electron chi connectivity index (χ0n) is 12.5. The quantitative estimate of drug-likeness (QED) is 0.658. The number of carbonyl (C=O) groups is 1. The molecule has 5 nitrogen and oxygen atoms in total. The molecule has 0 aliphatic heterocycles. The Morgan fingerprint density at radius 3 is 2.45 bits per heavy atom. The molecule has 0 unspecified atom stereocenters. The molecule has 0 aromatic heterocycles. The molecule has 114 valence electrons. The summed E-state index contributed by atoms with van der Waals surface area (Å²) < 4.78 is 5.43. The van der Waals surface area contributed by atoms with Crippen molar-refractivity contribution in [2.24, 2.45) is 5.10 Å². The van der Waals surface area contributed by atoms with Gasteiger partial charge in [0.2, 0.25) is 0 Å². The van der Waals surface area contributed by atoms with Crippen LogP contribution in [0.4, 0.5) is 0 Å². The van der Waals surface area contributed by atoms with Crippen molar-refractivity contribution in [2.45, 2.75) is 13.8 Å². The van der Waals surface area contributed by atoms with Crippen LogP contribution < -0.4 is 10.2 Å². The number of benzene rings is 2. The van der Waals surface area contributed by atoms with E-state index in [2.05, 4.69) is 10.5 Å². The molecular formula is C17H18N2O3. The van der Waals surface area contributed by atoms with Crippen molar-refractivity contribution in [3.05, 3.63) is 59.2 Å². The minimum atomic E-state index is -0.339. The van der Waals surface area contributed by atoms with Gasteiger partial charge in [0.1, 0.15) is 11.5 Å². The molecule has 0 aliphatic rings. The first-order valence-electron chi connectivity index (χ1n) is 6.85. The van der Waals surface area contributed by atoms with Gasteiger partial charge in [0, 0.05) is 0 Å². The Bertz CT molecular complexity index is 659. The maximum Gasteiger partial charge on any atom is 0.277 e. The summed E-state index contributed by atoms with van der Waals surface area (Å²) in [4.78, 5) is 11.6. The number of hydrogen-bond acceptors (Lipinski definition) is 4. The van der Waals surface area contributed by atoms with Crippen LogP contribution in [0.2, 0.25) is 0 Å². The maximum absolute atomic E-state index is 11.6. The zero-order valence-corrected chi connectivity index (χ0v) is 12.5. The average Bonchev–Trinajstić information content (AvgIpc) is 2.46. The van der Waals surface area contributed by atoms with Crippen LogP contribution in [-0.4, -0.2) is 23.8 Å². The number of hydrogen-bond donors (Lipinski definition) is 2. The van der Waals surface area contributed by atoms with Crippen molar-refractivity contribution >= 4 is 12.1 Å². The Morgan fingerprint density at radius 2 is 1.82 bits per heavy atom. The summed E-state index contributed by atoms with van der Waals surface area (Å²) in [6.07, 6.45) is 1.49. The Kier molecular flexibility index (Phi) is 5.14. The van der Waals surface area contributed by atoms with E-state index in [0.29, 0.717) is 5.75 Å². The number of phenolic OH excluding ortho intramolecular Hbond substituents is 1. The number of aromatic hydroxyl groups is 1. The highest BCUT2D eigenvalue weighted by molar-refractivity contribution is 5.83. The monoisotopic (exact) mass is 298 g/mol. The number of hydrazone groups is 1. The number of nitrogens with one attached hydrogen (secondary N) is 1. The molecule has 22 heavy (non-hydrogen) atoms. The zero-order chi connectivity index (χ0) is 15.9. The number of nitrogens with zero attached hydrogens (tertiary/aromatic N) is 1. The lowest BCUT2D eigenvalue weighted by atomic mass is 10.1. The van der Waals surface area contributed by atoms with Gasteiger partial charge < -0.3 is 9.84 Å². The van der Waals surface area contributed by atoms with Gasteiger partial charge in [-0.25, -0.2) is 5.43 Å². The first kappa shape index (κ1) is 15.6. The SMILES string of the molecule is Cc1cc(C)cc(OCC(=O)NN=Cc2ccc(O)cc2)c1. The fraction of sp³-hybridized carbons (Fsp3) is 0.176. The van der Waals surface area contributed by atoms with Gasteiger partial charge in [-0.2, -0.15) is 5.10 Å². The van der Waals surface area contributed by atoms with Crippen LogP contribution in [0.1, 0.15) is 16.7 Å². The summed E-state index contributed by atoms with van der Waals surface area (Å²) >= 11 is 0. The summed E-state index contributed by atoms with van der Waals surface area (Å²) in [5, 5.41) is 13.0. The first-order valence-corrected chi connectivity index (χ1v) is 6.85.